The number of Topliss-reactive ketones (excluding diaryl/α,β-unsaturated/α-hetero) is 1. The Morgan fingerprint density at radius 1 is 0.940 bits per heavy atom. The van der Waals surface area contributed by atoms with E-state index < -0.39 is 28.9 Å². The van der Waals surface area contributed by atoms with Gasteiger partial charge in [-0.1, -0.05) is 54.0 Å². The lowest BCUT2D eigenvalue weighted by molar-refractivity contribution is -0.235. The number of aliphatic hydroxyl groups is 2. The van der Waals surface area contributed by atoms with Gasteiger partial charge < -0.3 is 20.1 Å². The molecular weight excluding hydrogens is 630 g/mol. The van der Waals surface area contributed by atoms with Gasteiger partial charge in [-0.25, -0.2) is 0 Å². The first-order chi connectivity index (χ1) is 23.2. The average molecular weight is 698 g/mol. The van der Waals surface area contributed by atoms with E-state index >= 15 is 0 Å². The summed E-state index contributed by atoms with van der Waals surface area (Å²) in [6, 6.07) is 0.0914. The minimum absolute atomic E-state index is 0.00956. The van der Waals surface area contributed by atoms with Crippen LogP contribution in [-0.2, 0) is 19.1 Å². The third-order valence-corrected chi connectivity index (χ3v) is 16.6. The lowest BCUT2D eigenvalue weighted by atomic mass is 9.33. The zero-order chi connectivity index (χ0) is 36.8. The molecule has 5 aliphatic carbocycles. The number of esters is 1. The van der Waals surface area contributed by atoms with E-state index in [1.165, 1.54) is 5.57 Å². The molecule has 5 fully saturated rings. The summed E-state index contributed by atoms with van der Waals surface area (Å²) in [5, 5.41) is 31.9. The molecule has 4 saturated carbocycles. The monoisotopic (exact) mass is 697 g/mol. The molecular formula is C42H67NO7. The summed E-state index contributed by atoms with van der Waals surface area (Å²) in [6.07, 6.45) is 9.23. The van der Waals surface area contributed by atoms with Crippen LogP contribution in [0.3, 0.4) is 0 Å². The van der Waals surface area contributed by atoms with E-state index in [1.54, 1.807) is 13.8 Å². The standard InChI is InChI=1S/C42H67NO7/c1-25(2)34-28(45)21-42(31(46)23-43-20-10-11-26(43)24-44)19-18-40(8)27(35(34)42)12-13-30-39(7)16-15-32(50-33(47)22-37(3,4)36(48)49)38(5,6)29(39)14-17-41(30,40)9/h25-27,29-32,44,46H,10-24H2,1-9H3,(H,48,49)/t26?,27-,29+,30-,31-,32+,39+,40-,41-,42+/m1/s1. The van der Waals surface area contributed by atoms with Gasteiger partial charge in [0.15, 0.2) is 5.78 Å². The van der Waals surface area contributed by atoms with Gasteiger partial charge in [0.1, 0.15) is 6.10 Å². The van der Waals surface area contributed by atoms with Crippen molar-refractivity contribution >= 4 is 17.7 Å². The van der Waals surface area contributed by atoms with Gasteiger partial charge in [0.25, 0.3) is 0 Å². The molecule has 1 aliphatic heterocycles. The molecule has 10 atom stereocenters. The van der Waals surface area contributed by atoms with Crippen molar-refractivity contribution in [1.82, 2.24) is 4.90 Å². The van der Waals surface area contributed by atoms with Crippen molar-refractivity contribution in [3.8, 4) is 0 Å². The van der Waals surface area contributed by atoms with E-state index in [4.69, 9.17) is 4.74 Å². The largest absolute Gasteiger partial charge is 0.481 e. The number of rotatable bonds is 9. The highest BCUT2D eigenvalue weighted by Crippen LogP contribution is 2.77. The van der Waals surface area contributed by atoms with Gasteiger partial charge in [0.2, 0.25) is 0 Å². The number of aliphatic carboxylic acids is 1. The Morgan fingerprint density at radius 3 is 2.28 bits per heavy atom. The average Bonchev–Trinajstić information content (AvgIpc) is 3.60. The van der Waals surface area contributed by atoms with Crippen LogP contribution in [0, 0.1) is 56.2 Å². The maximum Gasteiger partial charge on any atom is 0.309 e. The number of carboxylic acids is 1. The van der Waals surface area contributed by atoms with Crippen LogP contribution in [0.25, 0.3) is 0 Å². The van der Waals surface area contributed by atoms with Crippen molar-refractivity contribution in [3.05, 3.63) is 11.1 Å². The van der Waals surface area contributed by atoms with Gasteiger partial charge in [0, 0.05) is 29.8 Å². The summed E-state index contributed by atoms with van der Waals surface area (Å²) < 4.78 is 6.16. The van der Waals surface area contributed by atoms with Gasteiger partial charge in [0.05, 0.1) is 24.5 Å². The maximum atomic E-state index is 14.0. The van der Waals surface area contributed by atoms with Crippen molar-refractivity contribution < 1.29 is 34.4 Å². The lowest BCUT2D eigenvalue weighted by Crippen LogP contribution is -2.66. The Balaban J connectivity index is 1.29. The number of carbonyl (C=O) groups excluding carboxylic acids is 2. The molecule has 0 radical (unpaired) electrons. The van der Waals surface area contributed by atoms with E-state index in [0.29, 0.717) is 24.8 Å². The predicted molar refractivity (Wildman–Crippen MR) is 193 cm³/mol. The molecule has 0 bridgehead atoms. The number of β-amino-alcohol motifs (C(OH)–C–C–N with tert-alkyl or cyclic N) is 1. The molecule has 1 unspecified atom stereocenters. The van der Waals surface area contributed by atoms with Crippen LogP contribution in [-0.4, -0.2) is 75.9 Å². The number of fused-ring (bicyclic) bond motifs is 7. The highest BCUT2D eigenvalue weighted by Gasteiger charge is 2.71. The van der Waals surface area contributed by atoms with Crippen LogP contribution < -0.4 is 0 Å². The second kappa shape index (κ2) is 12.7. The molecule has 0 aromatic carbocycles. The molecule has 0 aromatic rings. The van der Waals surface area contributed by atoms with Crippen molar-refractivity contribution in [3.63, 3.8) is 0 Å². The second-order valence-electron chi connectivity index (χ2n) is 20.0. The number of ether oxygens (including phenoxy) is 1. The van der Waals surface area contributed by atoms with E-state index in [0.717, 1.165) is 76.3 Å². The number of nitrogens with zero attached hydrogens (tertiary/aromatic N) is 1. The fourth-order valence-electron chi connectivity index (χ4n) is 13.7. The lowest BCUT2D eigenvalue weighted by Gasteiger charge is -2.72. The van der Waals surface area contributed by atoms with Gasteiger partial charge in [-0.15, -0.1) is 0 Å². The maximum absolute atomic E-state index is 14.0. The minimum Gasteiger partial charge on any atom is -0.481 e. The van der Waals surface area contributed by atoms with Crippen molar-refractivity contribution in [2.45, 2.75) is 158 Å². The summed E-state index contributed by atoms with van der Waals surface area (Å²) in [7, 11) is 0. The Kier molecular flexibility index (Phi) is 9.63. The Labute approximate surface area is 301 Å². The SMILES string of the molecule is CC(C)C1=C2[C@H]3CC[C@@H]4[C@@]5(C)CC[C@H](OC(=O)CC(C)(C)C(=O)O)C(C)(C)[C@@H]5CC[C@@]4(C)[C@]3(C)CC[C@@]2([C@H](O)CN2CCCC2CO)CC1=O. The molecule has 6 rings (SSSR count). The number of ketones is 1. The van der Waals surface area contributed by atoms with Crippen LogP contribution in [0.5, 0.6) is 0 Å². The van der Waals surface area contributed by atoms with Crippen LogP contribution in [0.2, 0.25) is 0 Å². The third-order valence-electron chi connectivity index (χ3n) is 16.6. The molecule has 0 aromatic heterocycles. The predicted octanol–water partition coefficient (Wildman–Crippen LogP) is 7.20. The first-order valence-corrected chi connectivity index (χ1v) is 19.9. The molecule has 3 N–H and O–H groups in total. The molecule has 6 aliphatic rings. The highest BCUT2D eigenvalue weighted by atomic mass is 16.5. The highest BCUT2D eigenvalue weighted by molar-refractivity contribution is 6.00. The second-order valence-corrected chi connectivity index (χ2v) is 20.0. The molecule has 8 nitrogen and oxygen atoms in total. The van der Waals surface area contributed by atoms with E-state index in [1.807, 2.05) is 0 Å². The van der Waals surface area contributed by atoms with E-state index in [2.05, 4.69) is 53.4 Å². The third kappa shape index (κ3) is 5.49. The minimum atomic E-state index is -1.16. The molecule has 0 amide bonds. The first kappa shape index (κ1) is 38.0. The molecule has 1 heterocycles. The zero-order valence-corrected chi connectivity index (χ0v) is 32.6. The zero-order valence-electron chi connectivity index (χ0n) is 32.6. The van der Waals surface area contributed by atoms with Crippen molar-refractivity contribution in [2.24, 2.45) is 56.2 Å². The number of likely N-dealkylation sites (tertiary alicyclic amines) is 1. The fraction of sp³-hybridized carbons (Fsp3) is 0.881. The van der Waals surface area contributed by atoms with Crippen LogP contribution in [0.15, 0.2) is 11.1 Å². The molecule has 8 heteroatoms. The summed E-state index contributed by atoms with van der Waals surface area (Å²) in [5.41, 5.74) is 0.482. The van der Waals surface area contributed by atoms with Gasteiger partial charge in [-0.05, 0) is 130 Å². The van der Waals surface area contributed by atoms with Crippen molar-refractivity contribution in [2.75, 3.05) is 19.7 Å². The Hall–Kier alpha value is -1.77. The number of carbonyl (C=O) groups is 3. The molecule has 0 spiro atoms. The quantitative estimate of drug-likeness (QED) is 0.216. The van der Waals surface area contributed by atoms with Crippen LogP contribution >= 0.6 is 0 Å². The number of hydrogen-bond donors (Lipinski definition) is 3. The summed E-state index contributed by atoms with van der Waals surface area (Å²) in [5.74, 6) is 0.0611. The van der Waals surface area contributed by atoms with Crippen molar-refractivity contribution in [1.29, 1.82) is 0 Å². The summed E-state index contributed by atoms with van der Waals surface area (Å²) >= 11 is 0. The number of carboxylic acid groups (broad SMARTS) is 1. The molecule has 50 heavy (non-hydrogen) atoms. The number of aliphatic hydroxyl groups excluding tert-OH is 2. The van der Waals surface area contributed by atoms with Crippen LogP contribution in [0.4, 0.5) is 0 Å². The Bertz CT molecular complexity index is 1420. The first-order valence-electron chi connectivity index (χ1n) is 19.9. The van der Waals surface area contributed by atoms with Gasteiger partial charge in [-0.2, -0.15) is 0 Å². The number of allylic oxidation sites excluding steroid dienone is 1. The normalized spacial score (nSPS) is 42.1. The molecule has 1 saturated heterocycles. The van der Waals surface area contributed by atoms with Gasteiger partial charge >= 0.3 is 11.9 Å². The summed E-state index contributed by atoms with van der Waals surface area (Å²) in [6.45, 7) is 21.1. The Morgan fingerprint density at radius 2 is 1.64 bits per heavy atom. The van der Waals surface area contributed by atoms with Gasteiger partial charge in [-0.3, -0.25) is 19.3 Å². The van der Waals surface area contributed by atoms with E-state index in [9.17, 15) is 29.7 Å². The topological polar surface area (TPSA) is 124 Å². The van der Waals surface area contributed by atoms with Crippen LogP contribution in [0.1, 0.15) is 139 Å². The smallest absolute Gasteiger partial charge is 0.309 e. The summed E-state index contributed by atoms with van der Waals surface area (Å²) in [4.78, 5) is 41.1. The number of hydrogen-bond acceptors (Lipinski definition) is 7. The fourth-order valence-corrected chi connectivity index (χ4v) is 13.7. The van der Waals surface area contributed by atoms with E-state index in [-0.39, 0.29) is 64.5 Å². The molecule has 282 valence electrons.